The van der Waals surface area contributed by atoms with Gasteiger partial charge in [0.1, 0.15) is 10.8 Å². The lowest BCUT2D eigenvalue weighted by Crippen LogP contribution is -2.17. The van der Waals surface area contributed by atoms with Gasteiger partial charge in [0.2, 0.25) is 0 Å². The second kappa shape index (κ2) is 6.33. The van der Waals surface area contributed by atoms with Gasteiger partial charge in [-0.3, -0.25) is 0 Å². The summed E-state index contributed by atoms with van der Waals surface area (Å²) in [6.07, 6.45) is 0. The van der Waals surface area contributed by atoms with E-state index in [9.17, 15) is 4.39 Å². The van der Waals surface area contributed by atoms with Crippen LogP contribution >= 0.6 is 28.1 Å². The van der Waals surface area contributed by atoms with Crippen molar-refractivity contribution in [3.8, 4) is 0 Å². The average Bonchev–Trinajstić information content (AvgIpc) is 2.42. The molecule has 0 bridgehead atoms. The van der Waals surface area contributed by atoms with Crippen molar-refractivity contribution in [1.29, 1.82) is 0 Å². The van der Waals surface area contributed by atoms with Gasteiger partial charge in [0.05, 0.1) is 0 Å². The van der Waals surface area contributed by atoms with Crippen molar-refractivity contribution in [2.24, 2.45) is 5.73 Å². The summed E-state index contributed by atoms with van der Waals surface area (Å²) in [5.41, 5.74) is 8.48. The van der Waals surface area contributed by atoms with E-state index in [0.717, 1.165) is 21.3 Å². The van der Waals surface area contributed by atoms with Gasteiger partial charge >= 0.3 is 0 Å². The minimum Gasteiger partial charge on any atom is -0.389 e. The van der Waals surface area contributed by atoms with Gasteiger partial charge in [-0.15, -0.1) is 0 Å². The summed E-state index contributed by atoms with van der Waals surface area (Å²) >= 11 is 8.31. The van der Waals surface area contributed by atoms with Gasteiger partial charge in [-0.1, -0.05) is 34.2 Å². The summed E-state index contributed by atoms with van der Waals surface area (Å²) < 4.78 is 13.8. The molecule has 0 aliphatic heterocycles. The SMILES string of the molecule is CN(Cc1ccc(F)cc1Br)c1ccc(C(N)=S)cc1. The second-order valence-corrected chi connectivity index (χ2v) is 5.80. The second-order valence-electron chi connectivity index (χ2n) is 4.50. The maximum atomic E-state index is 13.1. The molecule has 2 N–H and O–H groups in total. The van der Waals surface area contributed by atoms with E-state index in [-0.39, 0.29) is 5.82 Å². The Balaban J connectivity index is 2.15. The van der Waals surface area contributed by atoms with Crippen molar-refractivity contribution in [1.82, 2.24) is 0 Å². The number of nitrogens with zero attached hydrogens (tertiary/aromatic N) is 1. The van der Waals surface area contributed by atoms with Gasteiger partial charge in [-0.05, 0) is 42.0 Å². The number of hydrogen-bond donors (Lipinski definition) is 1. The highest BCUT2D eigenvalue weighted by atomic mass is 79.9. The van der Waals surface area contributed by atoms with Crippen LogP contribution < -0.4 is 10.6 Å². The van der Waals surface area contributed by atoms with E-state index in [1.807, 2.05) is 31.3 Å². The number of halogens is 2. The fraction of sp³-hybridized carbons (Fsp3) is 0.133. The molecule has 2 rings (SSSR count). The lowest BCUT2D eigenvalue weighted by molar-refractivity contribution is 0.626. The summed E-state index contributed by atoms with van der Waals surface area (Å²) in [5, 5.41) is 0. The lowest BCUT2D eigenvalue weighted by atomic mass is 10.1. The van der Waals surface area contributed by atoms with Crippen molar-refractivity contribution in [2.45, 2.75) is 6.54 Å². The highest BCUT2D eigenvalue weighted by Gasteiger charge is 2.07. The van der Waals surface area contributed by atoms with E-state index in [4.69, 9.17) is 18.0 Å². The summed E-state index contributed by atoms with van der Waals surface area (Å²) in [5.74, 6) is -0.246. The Labute approximate surface area is 131 Å². The first-order chi connectivity index (χ1) is 9.47. The molecule has 2 aromatic rings. The Hall–Kier alpha value is -1.46. The van der Waals surface area contributed by atoms with Crippen molar-refractivity contribution in [2.75, 3.05) is 11.9 Å². The number of rotatable bonds is 4. The lowest BCUT2D eigenvalue weighted by Gasteiger charge is -2.20. The van der Waals surface area contributed by atoms with Crippen LogP contribution in [0.4, 0.5) is 10.1 Å². The van der Waals surface area contributed by atoms with Gasteiger partial charge in [-0.25, -0.2) is 4.39 Å². The Morgan fingerprint density at radius 3 is 2.45 bits per heavy atom. The molecule has 0 amide bonds. The van der Waals surface area contributed by atoms with Crippen LogP contribution in [0.3, 0.4) is 0 Å². The highest BCUT2D eigenvalue weighted by molar-refractivity contribution is 9.10. The molecule has 0 spiro atoms. The fourth-order valence-electron chi connectivity index (χ4n) is 1.88. The van der Waals surface area contributed by atoms with Gasteiger partial charge < -0.3 is 10.6 Å². The zero-order valence-corrected chi connectivity index (χ0v) is 13.3. The third kappa shape index (κ3) is 3.55. The van der Waals surface area contributed by atoms with Crippen LogP contribution in [0.25, 0.3) is 0 Å². The molecule has 0 heterocycles. The van der Waals surface area contributed by atoms with Crippen LogP contribution in [0.15, 0.2) is 46.9 Å². The molecule has 2 aromatic carbocycles. The number of anilines is 1. The molecule has 0 atom stereocenters. The third-order valence-corrected chi connectivity index (χ3v) is 3.99. The zero-order chi connectivity index (χ0) is 14.7. The normalized spacial score (nSPS) is 10.3. The third-order valence-electron chi connectivity index (χ3n) is 3.02. The fourth-order valence-corrected chi connectivity index (χ4v) is 2.49. The first-order valence-electron chi connectivity index (χ1n) is 6.02. The number of thiocarbonyl (C=S) groups is 1. The first kappa shape index (κ1) is 14.9. The maximum Gasteiger partial charge on any atom is 0.124 e. The monoisotopic (exact) mass is 352 g/mol. The molecule has 5 heteroatoms. The molecule has 2 nitrogen and oxygen atoms in total. The molecule has 0 radical (unpaired) electrons. The summed E-state index contributed by atoms with van der Waals surface area (Å²) in [4.78, 5) is 2.46. The van der Waals surface area contributed by atoms with Crippen LogP contribution in [0.5, 0.6) is 0 Å². The number of hydrogen-bond acceptors (Lipinski definition) is 2. The van der Waals surface area contributed by atoms with Crippen molar-refractivity contribution >= 4 is 38.8 Å². The van der Waals surface area contributed by atoms with Crippen LogP contribution in [0, 0.1) is 5.82 Å². The Morgan fingerprint density at radius 1 is 1.25 bits per heavy atom. The molecule has 104 valence electrons. The summed E-state index contributed by atoms with van der Waals surface area (Å²) in [6.45, 7) is 0.674. The van der Waals surface area contributed by atoms with Gasteiger partial charge in [-0.2, -0.15) is 0 Å². The molecular weight excluding hydrogens is 339 g/mol. The van der Waals surface area contributed by atoms with Gasteiger partial charge in [0, 0.05) is 29.3 Å². The molecule has 0 saturated heterocycles. The minimum atomic E-state index is -0.246. The topological polar surface area (TPSA) is 29.3 Å². The van der Waals surface area contributed by atoms with E-state index >= 15 is 0 Å². The Kier molecular flexibility index (Phi) is 4.73. The van der Waals surface area contributed by atoms with Crippen molar-refractivity contribution in [3.63, 3.8) is 0 Å². The molecule has 0 fully saturated rings. The van der Waals surface area contributed by atoms with E-state index in [1.54, 1.807) is 6.07 Å². The molecule has 0 aliphatic carbocycles. The van der Waals surface area contributed by atoms with Crippen LogP contribution in [0.1, 0.15) is 11.1 Å². The minimum absolute atomic E-state index is 0.246. The van der Waals surface area contributed by atoms with E-state index in [2.05, 4.69) is 20.8 Å². The molecule has 0 aromatic heterocycles. The molecule has 0 aliphatic rings. The molecule has 20 heavy (non-hydrogen) atoms. The average molecular weight is 353 g/mol. The standard InChI is InChI=1S/C15H14BrFN2S/c1-19(9-11-2-5-12(17)8-14(11)16)13-6-3-10(4-7-13)15(18)20/h2-8H,9H2,1H3,(H2,18,20). The van der Waals surface area contributed by atoms with E-state index < -0.39 is 0 Å². The smallest absolute Gasteiger partial charge is 0.124 e. The largest absolute Gasteiger partial charge is 0.389 e. The van der Waals surface area contributed by atoms with Gasteiger partial charge in [0.15, 0.2) is 0 Å². The van der Waals surface area contributed by atoms with Crippen molar-refractivity contribution in [3.05, 3.63) is 63.9 Å². The van der Waals surface area contributed by atoms with Crippen molar-refractivity contribution < 1.29 is 4.39 Å². The number of benzene rings is 2. The predicted molar refractivity (Wildman–Crippen MR) is 88.5 cm³/mol. The van der Waals surface area contributed by atoms with Crippen LogP contribution in [-0.4, -0.2) is 12.0 Å². The molecule has 0 unspecified atom stereocenters. The van der Waals surface area contributed by atoms with E-state index in [0.29, 0.717) is 11.5 Å². The summed E-state index contributed by atoms with van der Waals surface area (Å²) in [6, 6.07) is 12.4. The quantitative estimate of drug-likeness (QED) is 0.847. The van der Waals surface area contributed by atoms with E-state index in [1.165, 1.54) is 12.1 Å². The zero-order valence-electron chi connectivity index (χ0n) is 10.9. The maximum absolute atomic E-state index is 13.1. The predicted octanol–water partition coefficient (Wildman–Crippen LogP) is 3.86. The molecular formula is C15H14BrFN2S. The van der Waals surface area contributed by atoms with Gasteiger partial charge in [0.25, 0.3) is 0 Å². The van der Waals surface area contributed by atoms with Crippen LogP contribution in [0.2, 0.25) is 0 Å². The Bertz CT molecular complexity index is 628. The number of nitrogens with two attached hydrogens (primary N) is 1. The Morgan fingerprint density at radius 2 is 1.90 bits per heavy atom. The first-order valence-corrected chi connectivity index (χ1v) is 7.22. The highest BCUT2D eigenvalue weighted by Crippen LogP contribution is 2.22. The molecule has 0 saturated carbocycles. The summed E-state index contributed by atoms with van der Waals surface area (Å²) in [7, 11) is 1.98. The van der Waals surface area contributed by atoms with Crippen LogP contribution in [-0.2, 0) is 6.54 Å².